The van der Waals surface area contributed by atoms with Crippen LogP contribution >= 0.6 is 0 Å². The van der Waals surface area contributed by atoms with Crippen molar-refractivity contribution >= 4 is 0 Å². The Balaban J connectivity index is 1.98. The molecule has 2 heteroatoms. The van der Waals surface area contributed by atoms with Crippen LogP contribution in [0, 0.1) is 12.8 Å². The molecule has 1 fully saturated rings. The van der Waals surface area contributed by atoms with Gasteiger partial charge in [-0.3, -0.25) is 0 Å². The van der Waals surface area contributed by atoms with Gasteiger partial charge >= 0.3 is 0 Å². The summed E-state index contributed by atoms with van der Waals surface area (Å²) in [6.07, 6.45) is 5.18. The SMILES string of the molecule is CCCNC(C)c1cc(C)ccc1OCCC1CC1. The second kappa shape index (κ2) is 6.95. The normalized spacial score (nSPS) is 16.4. The van der Waals surface area contributed by atoms with Gasteiger partial charge in [0.2, 0.25) is 0 Å². The van der Waals surface area contributed by atoms with Crippen molar-refractivity contribution < 1.29 is 4.74 Å². The molecule has 2 rings (SSSR count). The minimum Gasteiger partial charge on any atom is -0.493 e. The molecule has 1 aliphatic carbocycles. The summed E-state index contributed by atoms with van der Waals surface area (Å²) < 4.78 is 6.00. The lowest BCUT2D eigenvalue weighted by Crippen LogP contribution is -2.20. The minimum absolute atomic E-state index is 0.357. The fourth-order valence-electron chi connectivity index (χ4n) is 2.35. The highest BCUT2D eigenvalue weighted by molar-refractivity contribution is 5.39. The van der Waals surface area contributed by atoms with Crippen LogP contribution in [0.3, 0.4) is 0 Å². The number of benzene rings is 1. The number of hydrogen-bond acceptors (Lipinski definition) is 2. The number of ether oxygens (including phenoxy) is 1. The Hall–Kier alpha value is -1.02. The van der Waals surface area contributed by atoms with E-state index in [1.54, 1.807) is 0 Å². The summed E-state index contributed by atoms with van der Waals surface area (Å²) in [5, 5.41) is 3.55. The molecule has 1 aromatic carbocycles. The molecule has 1 aromatic rings. The van der Waals surface area contributed by atoms with E-state index in [1.807, 2.05) is 0 Å². The molecule has 1 saturated carbocycles. The molecule has 0 spiro atoms. The maximum absolute atomic E-state index is 6.00. The van der Waals surface area contributed by atoms with Crippen molar-refractivity contribution in [3.05, 3.63) is 29.3 Å². The summed E-state index contributed by atoms with van der Waals surface area (Å²) in [6, 6.07) is 6.88. The first-order valence-electron chi connectivity index (χ1n) is 7.67. The summed E-state index contributed by atoms with van der Waals surface area (Å²) in [5.74, 6) is 1.99. The highest BCUT2D eigenvalue weighted by Crippen LogP contribution is 2.33. The van der Waals surface area contributed by atoms with E-state index in [0.717, 1.165) is 31.2 Å². The average molecular weight is 261 g/mol. The molecule has 19 heavy (non-hydrogen) atoms. The first kappa shape index (κ1) is 14.4. The minimum atomic E-state index is 0.357. The smallest absolute Gasteiger partial charge is 0.124 e. The van der Waals surface area contributed by atoms with Crippen LogP contribution in [-0.2, 0) is 0 Å². The Morgan fingerprint density at radius 1 is 1.37 bits per heavy atom. The lowest BCUT2D eigenvalue weighted by Gasteiger charge is -2.19. The van der Waals surface area contributed by atoms with E-state index < -0.39 is 0 Å². The molecule has 1 N–H and O–H groups in total. The zero-order valence-electron chi connectivity index (χ0n) is 12.5. The van der Waals surface area contributed by atoms with Crippen LogP contribution in [-0.4, -0.2) is 13.2 Å². The van der Waals surface area contributed by atoms with Gasteiger partial charge in [0.15, 0.2) is 0 Å². The van der Waals surface area contributed by atoms with Crippen molar-refractivity contribution in [2.45, 2.75) is 52.5 Å². The Labute approximate surface area is 117 Å². The van der Waals surface area contributed by atoms with Crippen molar-refractivity contribution in [2.24, 2.45) is 5.92 Å². The topological polar surface area (TPSA) is 21.3 Å². The highest BCUT2D eigenvalue weighted by atomic mass is 16.5. The van der Waals surface area contributed by atoms with E-state index >= 15 is 0 Å². The van der Waals surface area contributed by atoms with Crippen LogP contribution in [0.4, 0.5) is 0 Å². The van der Waals surface area contributed by atoms with Crippen LogP contribution < -0.4 is 10.1 Å². The third-order valence-electron chi connectivity index (χ3n) is 3.81. The molecule has 0 radical (unpaired) electrons. The van der Waals surface area contributed by atoms with Crippen molar-refractivity contribution in [1.82, 2.24) is 5.32 Å². The molecular weight excluding hydrogens is 234 g/mol. The van der Waals surface area contributed by atoms with Crippen LogP contribution in [0.5, 0.6) is 5.75 Å². The Morgan fingerprint density at radius 3 is 2.84 bits per heavy atom. The lowest BCUT2D eigenvalue weighted by molar-refractivity contribution is 0.296. The second-order valence-electron chi connectivity index (χ2n) is 5.80. The molecule has 1 aliphatic rings. The standard InChI is InChI=1S/C17H27NO/c1-4-10-18-14(3)16-12-13(2)5-8-17(16)19-11-9-15-6-7-15/h5,8,12,14-15,18H,4,6-7,9-11H2,1-3H3. The zero-order valence-corrected chi connectivity index (χ0v) is 12.5. The van der Waals surface area contributed by atoms with Gasteiger partial charge in [0.25, 0.3) is 0 Å². The van der Waals surface area contributed by atoms with Crippen molar-refractivity contribution in [2.75, 3.05) is 13.2 Å². The Kier molecular flexibility index (Phi) is 5.26. The molecular formula is C17H27NO. The van der Waals surface area contributed by atoms with Gasteiger partial charge in [0.05, 0.1) is 6.61 Å². The number of nitrogens with one attached hydrogen (secondary N) is 1. The fourth-order valence-corrected chi connectivity index (χ4v) is 2.35. The maximum Gasteiger partial charge on any atom is 0.124 e. The van der Waals surface area contributed by atoms with E-state index in [-0.39, 0.29) is 0 Å². The Morgan fingerprint density at radius 2 is 2.16 bits per heavy atom. The van der Waals surface area contributed by atoms with Crippen LogP contribution in [0.1, 0.15) is 56.7 Å². The second-order valence-corrected chi connectivity index (χ2v) is 5.80. The van der Waals surface area contributed by atoms with E-state index in [0.29, 0.717) is 6.04 Å². The van der Waals surface area contributed by atoms with E-state index in [9.17, 15) is 0 Å². The molecule has 106 valence electrons. The van der Waals surface area contributed by atoms with Gasteiger partial charge in [-0.25, -0.2) is 0 Å². The quantitative estimate of drug-likeness (QED) is 0.756. The third kappa shape index (κ3) is 4.54. The van der Waals surface area contributed by atoms with Gasteiger partial charge in [0, 0.05) is 11.6 Å². The summed E-state index contributed by atoms with van der Waals surface area (Å²) >= 11 is 0. The number of aryl methyl sites for hydroxylation is 1. The molecule has 2 nitrogen and oxygen atoms in total. The molecule has 0 amide bonds. The molecule has 1 unspecified atom stereocenters. The van der Waals surface area contributed by atoms with E-state index in [4.69, 9.17) is 4.74 Å². The van der Waals surface area contributed by atoms with E-state index in [2.05, 4.69) is 44.3 Å². The maximum atomic E-state index is 6.00. The van der Waals surface area contributed by atoms with Gasteiger partial charge in [-0.2, -0.15) is 0 Å². The summed E-state index contributed by atoms with van der Waals surface area (Å²) in [6.45, 7) is 8.48. The molecule has 1 atom stereocenters. The van der Waals surface area contributed by atoms with Gasteiger partial charge in [0.1, 0.15) is 5.75 Å². The molecule has 0 bridgehead atoms. The zero-order chi connectivity index (χ0) is 13.7. The third-order valence-corrected chi connectivity index (χ3v) is 3.81. The van der Waals surface area contributed by atoms with Gasteiger partial charge in [-0.15, -0.1) is 0 Å². The summed E-state index contributed by atoms with van der Waals surface area (Å²) in [5.41, 5.74) is 2.60. The first-order chi connectivity index (χ1) is 9.20. The van der Waals surface area contributed by atoms with Crippen LogP contribution in [0.2, 0.25) is 0 Å². The van der Waals surface area contributed by atoms with Crippen molar-refractivity contribution in [3.63, 3.8) is 0 Å². The van der Waals surface area contributed by atoms with Crippen molar-refractivity contribution in [3.8, 4) is 5.75 Å². The van der Waals surface area contributed by atoms with Gasteiger partial charge in [-0.05, 0) is 45.2 Å². The average Bonchev–Trinajstić information content (AvgIpc) is 3.21. The van der Waals surface area contributed by atoms with Crippen LogP contribution in [0.25, 0.3) is 0 Å². The molecule has 0 heterocycles. The van der Waals surface area contributed by atoms with Gasteiger partial charge < -0.3 is 10.1 Å². The molecule has 0 saturated heterocycles. The Bertz CT molecular complexity index is 398. The van der Waals surface area contributed by atoms with E-state index in [1.165, 1.54) is 30.4 Å². The predicted molar refractivity (Wildman–Crippen MR) is 80.7 cm³/mol. The largest absolute Gasteiger partial charge is 0.493 e. The van der Waals surface area contributed by atoms with Crippen molar-refractivity contribution in [1.29, 1.82) is 0 Å². The van der Waals surface area contributed by atoms with Crippen LogP contribution in [0.15, 0.2) is 18.2 Å². The molecule has 0 aromatic heterocycles. The predicted octanol–water partition coefficient (Wildman–Crippen LogP) is 4.23. The lowest BCUT2D eigenvalue weighted by atomic mass is 10.0. The first-order valence-corrected chi connectivity index (χ1v) is 7.67. The number of hydrogen-bond donors (Lipinski definition) is 1. The molecule has 0 aliphatic heterocycles. The monoisotopic (exact) mass is 261 g/mol. The summed E-state index contributed by atoms with van der Waals surface area (Å²) in [7, 11) is 0. The highest BCUT2D eigenvalue weighted by Gasteiger charge is 2.21. The number of rotatable bonds is 8. The fraction of sp³-hybridized carbons (Fsp3) is 0.647. The van der Waals surface area contributed by atoms with Gasteiger partial charge in [-0.1, -0.05) is 37.5 Å². The summed E-state index contributed by atoms with van der Waals surface area (Å²) in [4.78, 5) is 0.